The molecule has 2 heterocycles. The molecule has 2 aliphatic rings. The lowest BCUT2D eigenvalue weighted by atomic mass is 9.95. The van der Waals surface area contributed by atoms with E-state index in [4.69, 9.17) is 4.74 Å². The van der Waals surface area contributed by atoms with Gasteiger partial charge >= 0.3 is 0 Å². The Kier molecular flexibility index (Phi) is 3.22. The first-order valence-corrected chi connectivity index (χ1v) is 8.37. The second kappa shape index (κ2) is 5.57. The van der Waals surface area contributed by atoms with Crippen LogP contribution in [0.25, 0.3) is 6.08 Å². The molecule has 0 N–H and O–H groups in total. The highest BCUT2D eigenvalue weighted by atomic mass is 19.1. The van der Waals surface area contributed by atoms with Crippen LogP contribution in [0.1, 0.15) is 22.8 Å². The van der Waals surface area contributed by atoms with Gasteiger partial charge in [-0.05, 0) is 41.5 Å². The number of rotatable bonds is 1. The predicted octanol–water partition coefficient (Wildman–Crippen LogP) is 5.44. The van der Waals surface area contributed by atoms with Crippen LogP contribution in [0, 0.1) is 5.82 Å². The molecule has 3 aromatic carbocycles. The van der Waals surface area contributed by atoms with Crippen LogP contribution in [0.5, 0.6) is 0 Å². The molecule has 0 radical (unpaired) electrons. The number of benzene rings is 3. The van der Waals surface area contributed by atoms with Gasteiger partial charge in [0.15, 0.2) is 6.23 Å². The van der Waals surface area contributed by atoms with Crippen molar-refractivity contribution in [2.45, 2.75) is 12.3 Å². The molecule has 2 atom stereocenters. The van der Waals surface area contributed by atoms with Gasteiger partial charge in [-0.2, -0.15) is 0 Å². The minimum absolute atomic E-state index is 0.181. The normalized spacial score (nSPS) is 20.6. The van der Waals surface area contributed by atoms with Gasteiger partial charge in [0, 0.05) is 5.56 Å². The molecule has 0 saturated heterocycles. The Morgan fingerprint density at radius 3 is 2.36 bits per heavy atom. The Labute approximate surface area is 145 Å². The lowest BCUT2D eigenvalue weighted by molar-refractivity contribution is 0.0302. The molecule has 0 aliphatic carbocycles. The molecule has 0 bridgehead atoms. The lowest BCUT2D eigenvalue weighted by Crippen LogP contribution is -2.40. The van der Waals surface area contributed by atoms with E-state index in [-0.39, 0.29) is 18.1 Å². The number of hydrogen-bond acceptors (Lipinski definition) is 2. The first kappa shape index (κ1) is 14.4. The third-order valence-electron chi connectivity index (χ3n) is 4.82. The van der Waals surface area contributed by atoms with Crippen molar-refractivity contribution in [3.63, 3.8) is 0 Å². The second-order valence-electron chi connectivity index (χ2n) is 6.30. The fraction of sp³-hybridized carbons (Fsp3) is 0.0909. The molecule has 3 heteroatoms. The molecule has 0 amide bonds. The van der Waals surface area contributed by atoms with Crippen molar-refractivity contribution in [1.29, 1.82) is 0 Å². The SMILES string of the molecule is Fc1ccc([C@H]2O[C@H]3C=Cc4ccccc4N3c3ccccc32)cc1. The van der Waals surface area contributed by atoms with Crippen LogP contribution < -0.4 is 4.90 Å². The molecule has 0 saturated carbocycles. The topological polar surface area (TPSA) is 12.5 Å². The highest BCUT2D eigenvalue weighted by Crippen LogP contribution is 2.46. The highest BCUT2D eigenvalue weighted by molar-refractivity contribution is 5.80. The summed E-state index contributed by atoms with van der Waals surface area (Å²) in [6.07, 6.45) is 3.79. The van der Waals surface area contributed by atoms with Gasteiger partial charge in [0.05, 0.1) is 11.4 Å². The van der Waals surface area contributed by atoms with Crippen LogP contribution in [0.2, 0.25) is 0 Å². The number of fused-ring (bicyclic) bond motifs is 5. The zero-order valence-electron chi connectivity index (χ0n) is 13.5. The van der Waals surface area contributed by atoms with E-state index in [1.807, 2.05) is 24.3 Å². The maximum Gasteiger partial charge on any atom is 0.155 e. The van der Waals surface area contributed by atoms with Gasteiger partial charge in [0.25, 0.3) is 0 Å². The standard InChI is InChI=1S/C22H16FNO/c23-17-12-9-16(10-13-17)22-18-6-2-4-8-20(18)24-19-7-3-1-5-15(19)11-14-21(24)25-22/h1-14,21-22H/t21-,22+/m0/s1. The van der Waals surface area contributed by atoms with Crippen molar-refractivity contribution in [2.24, 2.45) is 0 Å². The molecule has 0 spiro atoms. The van der Waals surface area contributed by atoms with E-state index < -0.39 is 0 Å². The maximum atomic E-state index is 13.3. The quantitative estimate of drug-likeness (QED) is 0.590. The Morgan fingerprint density at radius 2 is 1.52 bits per heavy atom. The van der Waals surface area contributed by atoms with E-state index >= 15 is 0 Å². The van der Waals surface area contributed by atoms with Crippen LogP contribution >= 0.6 is 0 Å². The van der Waals surface area contributed by atoms with E-state index in [1.54, 1.807) is 12.1 Å². The van der Waals surface area contributed by atoms with Crippen LogP contribution in [0.4, 0.5) is 15.8 Å². The summed E-state index contributed by atoms with van der Waals surface area (Å²) < 4.78 is 19.7. The largest absolute Gasteiger partial charge is 0.342 e. The fourth-order valence-electron chi connectivity index (χ4n) is 3.67. The molecule has 2 aliphatic heterocycles. The van der Waals surface area contributed by atoms with Gasteiger partial charge in [0.2, 0.25) is 0 Å². The van der Waals surface area contributed by atoms with Gasteiger partial charge in [-0.3, -0.25) is 0 Å². The van der Waals surface area contributed by atoms with Gasteiger partial charge in [-0.15, -0.1) is 0 Å². The summed E-state index contributed by atoms with van der Waals surface area (Å²) in [7, 11) is 0. The third kappa shape index (κ3) is 2.28. The number of hydrogen-bond donors (Lipinski definition) is 0. The fourth-order valence-corrected chi connectivity index (χ4v) is 3.67. The zero-order valence-corrected chi connectivity index (χ0v) is 13.5. The molecule has 2 nitrogen and oxygen atoms in total. The minimum atomic E-state index is -0.235. The van der Waals surface area contributed by atoms with E-state index in [0.29, 0.717) is 0 Å². The first-order chi connectivity index (χ1) is 12.3. The smallest absolute Gasteiger partial charge is 0.155 e. The second-order valence-corrected chi connectivity index (χ2v) is 6.30. The average Bonchev–Trinajstić information content (AvgIpc) is 2.67. The van der Waals surface area contributed by atoms with Crippen molar-refractivity contribution in [1.82, 2.24) is 0 Å². The van der Waals surface area contributed by atoms with E-state index in [2.05, 4.69) is 41.3 Å². The first-order valence-electron chi connectivity index (χ1n) is 8.37. The molecular weight excluding hydrogens is 313 g/mol. The number of halogens is 1. The zero-order chi connectivity index (χ0) is 16.8. The Balaban J connectivity index is 1.67. The number of nitrogens with zero attached hydrogens (tertiary/aromatic N) is 1. The minimum Gasteiger partial charge on any atom is -0.342 e. The average molecular weight is 329 g/mol. The monoisotopic (exact) mass is 329 g/mol. The summed E-state index contributed by atoms with van der Waals surface area (Å²) in [5, 5.41) is 0. The molecule has 0 fully saturated rings. The number of ether oxygens (including phenoxy) is 1. The van der Waals surface area contributed by atoms with E-state index in [9.17, 15) is 4.39 Å². The van der Waals surface area contributed by atoms with Gasteiger partial charge < -0.3 is 9.64 Å². The molecule has 3 aromatic rings. The Bertz CT molecular complexity index is 964. The number of anilines is 2. The van der Waals surface area contributed by atoms with Crippen LogP contribution in [0.15, 0.2) is 78.9 Å². The summed E-state index contributed by atoms with van der Waals surface area (Å²) in [5.41, 5.74) is 5.50. The molecule has 122 valence electrons. The maximum absolute atomic E-state index is 13.3. The van der Waals surface area contributed by atoms with E-state index in [1.165, 1.54) is 17.7 Å². The molecule has 5 rings (SSSR count). The van der Waals surface area contributed by atoms with Crippen molar-refractivity contribution in [3.05, 3.63) is 101 Å². The van der Waals surface area contributed by atoms with Gasteiger partial charge in [-0.1, -0.05) is 54.6 Å². The van der Waals surface area contributed by atoms with Crippen molar-refractivity contribution in [3.8, 4) is 0 Å². The summed E-state index contributed by atoms with van der Waals surface area (Å²) in [6, 6.07) is 23.2. The van der Waals surface area contributed by atoms with Crippen LogP contribution in [0.3, 0.4) is 0 Å². The highest BCUT2D eigenvalue weighted by Gasteiger charge is 2.35. The van der Waals surface area contributed by atoms with Crippen molar-refractivity contribution < 1.29 is 9.13 Å². The van der Waals surface area contributed by atoms with E-state index in [0.717, 1.165) is 22.5 Å². The third-order valence-corrected chi connectivity index (χ3v) is 4.82. The summed E-state index contributed by atoms with van der Waals surface area (Å²) in [5.74, 6) is -0.235. The van der Waals surface area contributed by atoms with Crippen LogP contribution in [-0.2, 0) is 4.74 Å². The van der Waals surface area contributed by atoms with Crippen molar-refractivity contribution >= 4 is 17.5 Å². The lowest BCUT2D eigenvalue weighted by Gasteiger charge is -2.43. The van der Waals surface area contributed by atoms with Crippen LogP contribution in [-0.4, -0.2) is 6.23 Å². The summed E-state index contributed by atoms with van der Waals surface area (Å²) in [6.45, 7) is 0. The molecular formula is C22H16FNO. The molecule has 0 aromatic heterocycles. The number of para-hydroxylation sites is 2. The van der Waals surface area contributed by atoms with Gasteiger partial charge in [0.1, 0.15) is 11.9 Å². The summed E-state index contributed by atoms with van der Waals surface area (Å²) in [4.78, 5) is 2.23. The molecule has 0 unspecified atom stereocenters. The Hall–Kier alpha value is -2.91. The summed E-state index contributed by atoms with van der Waals surface area (Å²) >= 11 is 0. The van der Waals surface area contributed by atoms with Gasteiger partial charge in [-0.25, -0.2) is 4.39 Å². The Morgan fingerprint density at radius 1 is 0.800 bits per heavy atom. The molecule has 25 heavy (non-hydrogen) atoms. The predicted molar refractivity (Wildman–Crippen MR) is 97.2 cm³/mol. The van der Waals surface area contributed by atoms with Crippen molar-refractivity contribution in [2.75, 3.05) is 4.90 Å².